The van der Waals surface area contributed by atoms with Crippen molar-refractivity contribution in [1.82, 2.24) is 20.1 Å². The zero-order valence-electron chi connectivity index (χ0n) is 13.0. The maximum atomic E-state index is 4.99. The molecular formula is C16H22N4S2. The average molecular weight is 335 g/mol. The van der Waals surface area contributed by atoms with E-state index < -0.39 is 0 Å². The van der Waals surface area contributed by atoms with Gasteiger partial charge in [-0.05, 0) is 52.0 Å². The van der Waals surface area contributed by atoms with Gasteiger partial charge < -0.3 is 0 Å². The van der Waals surface area contributed by atoms with Crippen molar-refractivity contribution in [2.75, 3.05) is 13.1 Å². The standard InChI is InChI=1S/C16H22N4S2/c1-11-18-19-15(21-11)10-20-8-4-5-12(9-20)16-17-13-6-2-3-7-14(13)22-16/h12H,2-10H2,1H3/t12-/m1/s1. The van der Waals surface area contributed by atoms with Crippen LogP contribution in [0.25, 0.3) is 0 Å². The zero-order valence-corrected chi connectivity index (χ0v) is 14.7. The van der Waals surface area contributed by atoms with E-state index in [0.717, 1.165) is 23.1 Å². The van der Waals surface area contributed by atoms with Crippen LogP contribution in [-0.4, -0.2) is 33.2 Å². The molecule has 0 unspecified atom stereocenters. The number of fused-ring (bicyclic) bond motifs is 1. The third kappa shape index (κ3) is 3.09. The van der Waals surface area contributed by atoms with E-state index in [1.54, 1.807) is 16.2 Å². The molecule has 0 spiro atoms. The molecule has 4 rings (SSSR count). The Balaban J connectivity index is 1.45. The van der Waals surface area contributed by atoms with E-state index >= 15 is 0 Å². The number of piperidine rings is 1. The Hall–Kier alpha value is -0.850. The van der Waals surface area contributed by atoms with Gasteiger partial charge in [0.05, 0.1) is 17.2 Å². The van der Waals surface area contributed by atoms with Crippen LogP contribution in [0.5, 0.6) is 0 Å². The smallest absolute Gasteiger partial charge is 0.131 e. The number of aryl methyl sites for hydroxylation is 3. The highest BCUT2D eigenvalue weighted by atomic mass is 32.1. The fourth-order valence-electron chi connectivity index (χ4n) is 3.54. The number of aromatic nitrogens is 3. The van der Waals surface area contributed by atoms with Crippen molar-refractivity contribution in [3.05, 3.63) is 25.6 Å². The summed E-state index contributed by atoms with van der Waals surface area (Å²) in [5.41, 5.74) is 1.41. The Labute approximate surface area is 139 Å². The van der Waals surface area contributed by atoms with E-state index in [0.29, 0.717) is 5.92 Å². The first-order valence-corrected chi connectivity index (χ1v) is 9.91. The van der Waals surface area contributed by atoms with Crippen LogP contribution in [0.3, 0.4) is 0 Å². The van der Waals surface area contributed by atoms with Crippen molar-refractivity contribution in [1.29, 1.82) is 0 Å². The fraction of sp³-hybridized carbons (Fsp3) is 0.688. The molecule has 1 saturated heterocycles. The van der Waals surface area contributed by atoms with Crippen LogP contribution < -0.4 is 0 Å². The predicted octanol–water partition coefficient (Wildman–Crippen LogP) is 3.56. The van der Waals surface area contributed by atoms with Gasteiger partial charge in [0.1, 0.15) is 10.0 Å². The molecule has 0 bridgehead atoms. The zero-order chi connectivity index (χ0) is 14.9. The molecular weight excluding hydrogens is 312 g/mol. The minimum absolute atomic E-state index is 0.623. The summed E-state index contributed by atoms with van der Waals surface area (Å²) in [6, 6.07) is 0. The van der Waals surface area contributed by atoms with Gasteiger partial charge in [0.15, 0.2) is 0 Å². The Kier molecular flexibility index (Phi) is 4.24. The number of hydrogen-bond donors (Lipinski definition) is 0. The lowest BCUT2D eigenvalue weighted by molar-refractivity contribution is 0.199. The van der Waals surface area contributed by atoms with Crippen LogP contribution in [0.2, 0.25) is 0 Å². The molecule has 1 atom stereocenters. The summed E-state index contributed by atoms with van der Waals surface area (Å²) in [7, 11) is 0. The summed E-state index contributed by atoms with van der Waals surface area (Å²) < 4.78 is 0. The minimum atomic E-state index is 0.623. The number of likely N-dealkylation sites (tertiary alicyclic amines) is 1. The van der Waals surface area contributed by atoms with E-state index in [1.165, 1.54) is 55.8 Å². The van der Waals surface area contributed by atoms with Crippen LogP contribution in [0, 0.1) is 6.92 Å². The van der Waals surface area contributed by atoms with Gasteiger partial charge in [-0.25, -0.2) is 4.98 Å². The Morgan fingerprint density at radius 3 is 2.86 bits per heavy atom. The van der Waals surface area contributed by atoms with Gasteiger partial charge in [-0.3, -0.25) is 4.90 Å². The highest BCUT2D eigenvalue weighted by molar-refractivity contribution is 7.12. The van der Waals surface area contributed by atoms with Crippen molar-refractivity contribution >= 4 is 22.7 Å². The van der Waals surface area contributed by atoms with Gasteiger partial charge in [0, 0.05) is 17.3 Å². The van der Waals surface area contributed by atoms with E-state index in [4.69, 9.17) is 4.98 Å². The van der Waals surface area contributed by atoms with Gasteiger partial charge in [-0.2, -0.15) is 0 Å². The third-order valence-electron chi connectivity index (χ3n) is 4.64. The molecule has 2 aromatic rings. The van der Waals surface area contributed by atoms with Crippen molar-refractivity contribution in [2.24, 2.45) is 0 Å². The SMILES string of the molecule is Cc1nnc(CN2CCC[C@@H](c3nc4c(s3)CCCC4)C2)s1. The Bertz CT molecular complexity index is 625. The molecule has 1 aliphatic carbocycles. The van der Waals surface area contributed by atoms with Crippen molar-refractivity contribution in [2.45, 2.75) is 57.9 Å². The van der Waals surface area contributed by atoms with E-state index in [2.05, 4.69) is 15.1 Å². The highest BCUT2D eigenvalue weighted by Crippen LogP contribution is 2.35. The van der Waals surface area contributed by atoms with Crippen LogP contribution in [0.15, 0.2) is 0 Å². The first kappa shape index (κ1) is 14.7. The molecule has 1 fully saturated rings. The molecule has 0 radical (unpaired) electrons. The topological polar surface area (TPSA) is 41.9 Å². The molecule has 3 heterocycles. The summed E-state index contributed by atoms with van der Waals surface area (Å²) >= 11 is 3.71. The van der Waals surface area contributed by atoms with E-state index in [9.17, 15) is 0 Å². The molecule has 4 nitrogen and oxygen atoms in total. The van der Waals surface area contributed by atoms with Gasteiger partial charge in [0.25, 0.3) is 0 Å². The molecule has 0 aromatic carbocycles. The molecule has 0 saturated carbocycles. The number of rotatable bonds is 3. The molecule has 2 aliphatic rings. The van der Waals surface area contributed by atoms with Crippen molar-refractivity contribution in [3.63, 3.8) is 0 Å². The van der Waals surface area contributed by atoms with Crippen molar-refractivity contribution in [3.8, 4) is 0 Å². The normalized spacial score (nSPS) is 22.7. The number of hydrogen-bond acceptors (Lipinski definition) is 6. The second kappa shape index (κ2) is 6.34. The Morgan fingerprint density at radius 2 is 2.05 bits per heavy atom. The van der Waals surface area contributed by atoms with Gasteiger partial charge >= 0.3 is 0 Å². The van der Waals surface area contributed by atoms with Gasteiger partial charge in [0.2, 0.25) is 0 Å². The average Bonchev–Trinajstić information content (AvgIpc) is 3.13. The molecule has 2 aromatic heterocycles. The molecule has 0 amide bonds. The highest BCUT2D eigenvalue weighted by Gasteiger charge is 2.26. The van der Waals surface area contributed by atoms with Crippen LogP contribution in [-0.2, 0) is 19.4 Å². The summed E-state index contributed by atoms with van der Waals surface area (Å²) in [4.78, 5) is 9.09. The fourth-order valence-corrected chi connectivity index (χ4v) is 5.57. The lowest BCUT2D eigenvalue weighted by Gasteiger charge is -2.30. The summed E-state index contributed by atoms with van der Waals surface area (Å²) in [5, 5.41) is 12.0. The minimum Gasteiger partial charge on any atom is -0.296 e. The van der Waals surface area contributed by atoms with E-state index in [1.807, 2.05) is 18.3 Å². The largest absolute Gasteiger partial charge is 0.296 e. The van der Waals surface area contributed by atoms with Gasteiger partial charge in [-0.15, -0.1) is 32.9 Å². The second-order valence-electron chi connectivity index (χ2n) is 6.42. The van der Waals surface area contributed by atoms with Crippen LogP contribution >= 0.6 is 22.7 Å². The predicted molar refractivity (Wildman–Crippen MR) is 90.7 cm³/mol. The van der Waals surface area contributed by atoms with Crippen molar-refractivity contribution < 1.29 is 0 Å². The van der Waals surface area contributed by atoms with Crippen LogP contribution in [0.1, 0.15) is 57.2 Å². The molecule has 0 N–H and O–H groups in total. The Morgan fingerprint density at radius 1 is 1.14 bits per heavy atom. The molecule has 6 heteroatoms. The summed E-state index contributed by atoms with van der Waals surface area (Å²) in [5.74, 6) is 0.623. The molecule has 118 valence electrons. The molecule has 1 aliphatic heterocycles. The first-order chi connectivity index (χ1) is 10.8. The monoisotopic (exact) mass is 334 g/mol. The number of thiazole rings is 1. The molecule has 22 heavy (non-hydrogen) atoms. The number of nitrogens with zero attached hydrogens (tertiary/aromatic N) is 4. The van der Waals surface area contributed by atoms with Crippen LogP contribution in [0.4, 0.5) is 0 Å². The third-order valence-corrected chi connectivity index (χ3v) is 6.79. The summed E-state index contributed by atoms with van der Waals surface area (Å²) in [6.45, 7) is 5.29. The van der Waals surface area contributed by atoms with E-state index in [-0.39, 0.29) is 0 Å². The quantitative estimate of drug-likeness (QED) is 0.861. The lowest BCUT2D eigenvalue weighted by Crippen LogP contribution is -2.33. The maximum absolute atomic E-state index is 4.99. The summed E-state index contributed by atoms with van der Waals surface area (Å²) in [6.07, 6.45) is 7.69. The maximum Gasteiger partial charge on any atom is 0.131 e. The first-order valence-electron chi connectivity index (χ1n) is 8.28. The second-order valence-corrected chi connectivity index (χ2v) is 8.80. The van der Waals surface area contributed by atoms with Gasteiger partial charge in [-0.1, -0.05) is 0 Å². The lowest BCUT2D eigenvalue weighted by atomic mass is 9.98.